The van der Waals surface area contributed by atoms with Gasteiger partial charge in [0, 0.05) is 26.3 Å². The molecule has 12 heteroatoms. The first-order chi connectivity index (χ1) is 18.9. The summed E-state index contributed by atoms with van der Waals surface area (Å²) in [5.41, 5.74) is 1.38. The van der Waals surface area contributed by atoms with Crippen LogP contribution in [0.25, 0.3) is 16.9 Å². The van der Waals surface area contributed by atoms with E-state index in [0.717, 1.165) is 18.8 Å². The van der Waals surface area contributed by atoms with Crippen molar-refractivity contribution >= 4 is 27.0 Å². The number of imidazole rings is 2. The maximum atomic E-state index is 13.8. The van der Waals surface area contributed by atoms with Gasteiger partial charge < -0.3 is 9.30 Å². The van der Waals surface area contributed by atoms with Crippen LogP contribution in [0.2, 0.25) is 0 Å². The molecule has 1 aliphatic heterocycles. The van der Waals surface area contributed by atoms with Crippen molar-refractivity contribution in [3.05, 3.63) is 70.8 Å². The van der Waals surface area contributed by atoms with Gasteiger partial charge in [-0.1, -0.05) is 6.92 Å². The molecular weight excluding hydrogens is 532 g/mol. The summed E-state index contributed by atoms with van der Waals surface area (Å²) in [4.78, 5) is 37.8. The SMILES string of the molecule is CCS(=O)(=O)c1ccc(-n2c(=O)n(C3CCN(Cc4ncc(C(=O)OC(C)(C)C)n4C)C3)c3ncccc32)cc1. The smallest absolute Gasteiger partial charge is 0.357 e. The molecule has 0 saturated carbocycles. The van der Waals surface area contributed by atoms with Gasteiger partial charge in [0.15, 0.2) is 15.5 Å². The van der Waals surface area contributed by atoms with Crippen molar-refractivity contribution in [3.63, 3.8) is 0 Å². The van der Waals surface area contributed by atoms with Crippen LogP contribution in [0.5, 0.6) is 0 Å². The molecule has 4 heterocycles. The number of aromatic nitrogens is 5. The molecule has 11 nitrogen and oxygen atoms in total. The third kappa shape index (κ3) is 5.20. The number of hydrogen-bond donors (Lipinski definition) is 0. The Labute approximate surface area is 232 Å². The van der Waals surface area contributed by atoms with Gasteiger partial charge >= 0.3 is 11.7 Å². The standard InChI is InChI=1S/C28H34N6O5S/c1-6-40(37,38)21-11-9-19(10-12-21)33-22-8-7-14-29-25(22)34(27(33)36)20-13-15-32(17-20)18-24-30-16-23(31(24)5)26(35)39-28(2,3)4/h7-12,14,16,20H,6,13,15,17-18H2,1-5H3. The van der Waals surface area contributed by atoms with Gasteiger partial charge in [0.2, 0.25) is 0 Å². The minimum absolute atomic E-state index is 0.00823. The molecule has 0 radical (unpaired) electrons. The van der Waals surface area contributed by atoms with Crippen LogP contribution >= 0.6 is 0 Å². The highest BCUT2D eigenvalue weighted by atomic mass is 32.2. The molecule has 3 aromatic heterocycles. The molecular formula is C28H34N6O5S. The molecule has 4 aromatic rings. The third-order valence-electron chi connectivity index (χ3n) is 7.14. The molecule has 1 saturated heterocycles. The number of nitrogens with zero attached hydrogens (tertiary/aromatic N) is 6. The quantitative estimate of drug-likeness (QED) is 0.313. The fourth-order valence-corrected chi connectivity index (χ4v) is 5.96. The van der Waals surface area contributed by atoms with Gasteiger partial charge in [-0.15, -0.1) is 0 Å². The zero-order valence-corrected chi connectivity index (χ0v) is 24.2. The molecule has 5 rings (SSSR count). The summed E-state index contributed by atoms with van der Waals surface area (Å²) in [6.07, 6.45) is 3.95. The Morgan fingerprint density at radius 2 is 1.85 bits per heavy atom. The maximum Gasteiger partial charge on any atom is 0.357 e. The van der Waals surface area contributed by atoms with Crippen LogP contribution in [0.4, 0.5) is 0 Å². The topological polar surface area (TPSA) is 121 Å². The zero-order chi connectivity index (χ0) is 28.8. The Kier molecular flexibility index (Phi) is 7.17. The van der Waals surface area contributed by atoms with Crippen LogP contribution in [-0.2, 0) is 28.2 Å². The number of hydrogen-bond acceptors (Lipinski definition) is 8. The molecule has 0 spiro atoms. The molecule has 212 valence electrons. The predicted octanol–water partition coefficient (Wildman–Crippen LogP) is 3.12. The second-order valence-electron chi connectivity index (χ2n) is 11.0. The van der Waals surface area contributed by atoms with Crippen LogP contribution in [0, 0.1) is 0 Å². The summed E-state index contributed by atoms with van der Waals surface area (Å²) in [5.74, 6) is 0.323. The number of sulfone groups is 1. The van der Waals surface area contributed by atoms with Gasteiger partial charge in [-0.2, -0.15) is 0 Å². The van der Waals surface area contributed by atoms with E-state index < -0.39 is 21.4 Å². The molecule has 0 amide bonds. The second-order valence-corrected chi connectivity index (χ2v) is 13.3. The highest BCUT2D eigenvalue weighted by molar-refractivity contribution is 7.91. The fraction of sp³-hybridized carbons (Fsp3) is 0.429. The maximum absolute atomic E-state index is 13.8. The average Bonchev–Trinajstić information content (AvgIpc) is 3.59. The minimum Gasteiger partial charge on any atom is -0.455 e. The Morgan fingerprint density at radius 3 is 2.52 bits per heavy atom. The molecule has 1 fully saturated rings. The number of carbonyl (C=O) groups is 1. The second kappa shape index (κ2) is 10.3. The summed E-state index contributed by atoms with van der Waals surface area (Å²) in [6, 6.07) is 9.90. The lowest BCUT2D eigenvalue weighted by atomic mass is 10.2. The Morgan fingerprint density at radius 1 is 1.12 bits per heavy atom. The van der Waals surface area contributed by atoms with E-state index in [1.54, 1.807) is 52.1 Å². The lowest BCUT2D eigenvalue weighted by Gasteiger charge is -2.20. The number of esters is 1. The number of likely N-dealkylation sites (tertiary alicyclic amines) is 1. The highest BCUT2D eigenvalue weighted by Gasteiger charge is 2.30. The monoisotopic (exact) mass is 566 g/mol. The van der Waals surface area contributed by atoms with Gasteiger partial charge in [0.1, 0.15) is 17.1 Å². The lowest BCUT2D eigenvalue weighted by molar-refractivity contribution is 0.00583. The van der Waals surface area contributed by atoms with Gasteiger partial charge in [-0.25, -0.2) is 28.0 Å². The first-order valence-corrected chi connectivity index (χ1v) is 14.9. The average molecular weight is 567 g/mol. The molecule has 0 bridgehead atoms. The Balaban J connectivity index is 1.40. The van der Waals surface area contributed by atoms with Crippen molar-refractivity contribution < 1.29 is 17.9 Å². The van der Waals surface area contributed by atoms with E-state index in [2.05, 4.69) is 14.9 Å². The number of rotatable bonds is 7. The molecule has 0 aliphatic carbocycles. The van der Waals surface area contributed by atoms with E-state index in [-0.39, 0.29) is 22.4 Å². The van der Waals surface area contributed by atoms with Crippen molar-refractivity contribution in [2.24, 2.45) is 7.05 Å². The number of ether oxygens (including phenoxy) is 1. The Hall–Kier alpha value is -3.77. The van der Waals surface area contributed by atoms with E-state index in [1.165, 1.54) is 18.3 Å². The number of benzene rings is 1. The van der Waals surface area contributed by atoms with E-state index in [4.69, 9.17) is 4.74 Å². The van der Waals surface area contributed by atoms with Crippen molar-refractivity contribution in [3.8, 4) is 5.69 Å². The number of pyridine rings is 1. The fourth-order valence-electron chi connectivity index (χ4n) is 5.08. The van der Waals surface area contributed by atoms with Crippen molar-refractivity contribution in [1.82, 2.24) is 28.6 Å². The summed E-state index contributed by atoms with van der Waals surface area (Å²) >= 11 is 0. The van der Waals surface area contributed by atoms with Crippen molar-refractivity contribution in [2.45, 2.75) is 57.2 Å². The molecule has 1 atom stereocenters. The van der Waals surface area contributed by atoms with Gasteiger partial charge in [-0.3, -0.25) is 14.0 Å². The summed E-state index contributed by atoms with van der Waals surface area (Å²) < 4.78 is 35.1. The first-order valence-electron chi connectivity index (χ1n) is 13.3. The highest BCUT2D eigenvalue weighted by Crippen LogP contribution is 2.27. The Bertz CT molecular complexity index is 1730. The van der Waals surface area contributed by atoms with Crippen LogP contribution in [0.3, 0.4) is 0 Å². The first kappa shape index (κ1) is 27.8. The molecule has 1 aromatic carbocycles. The van der Waals surface area contributed by atoms with Crippen LogP contribution in [0.1, 0.15) is 56.5 Å². The zero-order valence-electron chi connectivity index (χ0n) is 23.4. The van der Waals surface area contributed by atoms with Gasteiger partial charge in [0.05, 0.1) is 40.6 Å². The van der Waals surface area contributed by atoms with Crippen LogP contribution in [-0.4, -0.2) is 67.4 Å². The van der Waals surface area contributed by atoms with Crippen LogP contribution < -0.4 is 5.69 Å². The normalized spacial score (nSPS) is 16.6. The number of fused-ring (bicyclic) bond motifs is 1. The third-order valence-corrected chi connectivity index (χ3v) is 8.89. The molecule has 0 N–H and O–H groups in total. The minimum atomic E-state index is -3.35. The number of carbonyl (C=O) groups excluding carboxylic acids is 1. The molecule has 1 unspecified atom stereocenters. The lowest BCUT2D eigenvalue weighted by Crippen LogP contribution is -2.29. The van der Waals surface area contributed by atoms with E-state index in [0.29, 0.717) is 35.6 Å². The van der Waals surface area contributed by atoms with Crippen LogP contribution in [0.15, 0.2) is 58.5 Å². The predicted molar refractivity (Wildman–Crippen MR) is 150 cm³/mol. The van der Waals surface area contributed by atoms with E-state index >= 15 is 0 Å². The van der Waals surface area contributed by atoms with E-state index in [1.807, 2.05) is 26.8 Å². The molecule has 40 heavy (non-hydrogen) atoms. The van der Waals surface area contributed by atoms with Crippen molar-refractivity contribution in [2.75, 3.05) is 18.8 Å². The summed E-state index contributed by atoms with van der Waals surface area (Å²) in [6.45, 7) is 8.95. The van der Waals surface area contributed by atoms with E-state index in [9.17, 15) is 18.0 Å². The summed E-state index contributed by atoms with van der Waals surface area (Å²) in [7, 11) is -1.55. The van der Waals surface area contributed by atoms with Gasteiger partial charge in [-0.05, 0) is 63.6 Å². The molecule has 1 aliphatic rings. The van der Waals surface area contributed by atoms with Crippen molar-refractivity contribution in [1.29, 1.82) is 0 Å². The van der Waals surface area contributed by atoms with Gasteiger partial charge in [0.25, 0.3) is 0 Å². The summed E-state index contributed by atoms with van der Waals surface area (Å²) in [5, 5.41) is 0. The largest absolute Gasteiger partial charge is 0.455 e.